The number of hydrogen-bond acceptors (Lipinski definition) is 3. The first-order valence-electron chi connectivity index (χ1n) is 2.94. The van der Waals surface area contributed by atoms with Crippen LogP contribution in [0.2, 0.25) is 0 Å². The number of hydrogen-bond donors (Lipinski definition) is 0. The molecule has 1 saturated heterocycles. The summed E-state index contributed by atoms with van der Waals surface area (Å²) in [6, 6.07) is 0. The number of carbonyl (C=O) groups excluding carboxylic acids is 1. The van der Waals surface area contributed by atoms with Gasteiger partial charge in [-0.05, 0) is 6.42 Å². The zero-order valence-electron chi connectivity index (χ0n) is 5.79. The maximum absolute atomic E-state index is 10.1. The molecular weight excluding hydrogens is 154 g/mol. The third kappa shape index (κ3) is 1.74. The first-order chi connectivity index (χ1) is 4.38. The first-order valence-corrected chi connectivity index (χ1v) is 2.94. The molecule has 0 aromatic carbocycles. The van der Waals surface area contributed by atoms with Gasteiger partial charge in [0.15, 0.2) is 0 Å². The monoisotopic (exact) mass is 163 g/mol. The van der Waals surface area contributed by atoms with Crippen LogP contribution in [0, 0.1) is 0 Å². The summed E-state index contributed by atoms with van der Waals surface area (Å²) in [5.41, 5.74) is 0.637. The summed E-state index contributed by atoms with van der Waals surface area (Å²) in [5.74, 6) is 1.83. The molecule has 0 spiro atoms. The molecule has 0 saturated carbocycles. The second kappa shape index (κ2) is 4.34. The molecule has 1 rings (SSSR count). The molecule has 0 bridgehead atoms. The van der Waals surface area contributed by atoms with E-state index < -0.39 is 0 Å². The third-order valence-corrected chi connectivity index (χ3v) is 1.41. The van der Waals surface area contributed by atoms with E-state index in [1.165, 1.54) is 0 Å². The summed E-state index contributed by atoms with van der Waals surface area (Å²) >= 11 is 0. The molecule has 1 aliphatic rings. The van der Waals surface area contributed by atoms with Crippen LogP contribution >= 0.6 is 12.4 Å². The molecule has 3 nitrogen and oxygen atoms in total. The highest BCUT2D eigenvalue weighted by atomic mass is 35.5. The number of nitrogens with zero attached hydrogens (tertiary/aromatic N) is 1. The maximum atomic E-state index is 10.1. The first kappa shape index (κ1) is 9.50. The van der Waals surface area contributed by atoms with Gasteiger partial charge < -0.3 is 0 Å². The summed E-state index contributed by atoms with van der Waals surface area (Å²) in [6.07, 6.45) is 1.80. The van der Waals surface area contributed by atoms with Gasteiger partial charge in [-0.2, -0.15) is 0 Å². The predicted octanol–water partition coefficient (Wildman–Crippen LogP) is 0.781. The molecule has 0 atom stereocenters. The van der Waals surface area contributed by atoms with Gasteiger partial charge in [0, 0.05) is 13.0 Å². The van der Waals surface area contributed by atoms with E-state index in [0.29, 0.717) is 5.70 Å². The fraction of sp³-hybridized carbons (Fsp3) is 0.667. The Bertz CT molecular complexity index is 154. The Labute approximate surface area is 66.0 Å². The SMILES string of the molecule is CON1CCCC1=C=O.Cl. The highest BCUT2D eigenvalue weighted by molar-refractivity contribution is 5.85. The van der Waals surface area contributed by atoms with Gasteiger partial charge in [0.25, 0.3) is 0 Å². The quantitative estimate of drug-likeness (QED) is 0.535. The van der Waals surface area contributed by atoms with E-state index in [1.807, 2.05) is 5.94 Å². The highest BCUT2D eigenvalue weighted by Crippen LogP contribution is 2.16. The minimum atomic E-state index is 0. The zero-order chi connectivity index (χ0) is 6.69. The smallest absolute Gasteiger partial charge is 0.148 e. The summed E-state index contributed by atoms with van der Waals surface area (Å²) in [7, 11) is 1.56. The van der Waals surface area contributed by atoms with Gasteiger partial charge in [-0.3, -0.25) is 4.84 Å². The summed E-state index contributed by atoms with van der Waals surface area (Å²) in [4.78, 5) is 14.9. The number of halogens is 1. The Morgan fingerprint density at radius 3 is 2.80 bits per heavy atom. The van der Waals surface area contributed by atoms with Gasteiger partial charge in [-0.25, -0.2) is 9.86 Å². The average molecular weight is 164 g/mol. The molecule has 58 valence electrons. The Hall–Kier alpha value is -0.500. The van der Waals surface area contributed by atoms with Crippen LogP contribution in [0.3, 0.4) is 0 Å². The van der Waals surface area contributed by atoms with Crippen molar-refractivity contribution >= 4 is 18.3 Å². The van der Waals surface area contributed by atoms with Gasteiger partial charge in [0.1, 0.15) is 11.6 Å². The molecule has 0 radical (unpaired) electrons. The van der Waals surface area contributed by atoms with E-state index in [-0.39, 0.29) is 12.4 Å². The van der Waals surface area contributed by atoms with E-state index in [1.54, 1.807) is 12.2 Å². The molecule has 0 unspecified atom stereocenters. The Morgan fingerprint density at radius 2 is 2.40 bits per heavy atom. The van der Waals surface area contributed by atoms with Crippen LogP contribution in [-0.4, -0.2) is 24.7 Å². The third-order valence-electron chi connectivity index (χ3n) is 1.41. The largest absolute Gasteiger partial charge is 0.276 e. The minimum absolute atomic E-state index is 0. The van der Waals surface area contributed by atoms with Crippen molar-refractivity contribution in [2.45, 2.75) is 12.8 Å². The van der Waals surface area contributed by atoms with Crippen molar-refractivity contribution in [1.82, 2.24) is 5.06 Å². The van der Waals surface area contributed by atoms with E-state index in [2.05, 4.69) is 0 Å². The molecule has 1 heterocycles. The van der Waals surface area contributed by atoms with Crippen molar-refractivity contribution in [2.24, 2.45) is 0 Å². The lowest BCUT2D eigenvalue weighted by molar-refractivity contribution is -0.0852. The summed E-state index contributed by atoms with van der Waals surface area (Å²) < 4.78 is 0. The van der Waals surface area contributed by atoms with Crippen LogP contribution in [0.5, 0.6) is 0 Å². The lowest BCUT2D eigenvalue weighted by Crippen LogP contribution is -2.15. The van der Waals surface area contributed by atoms with Gasteiger partial charge in [0.05, 0.1) is 7.11 Å². The maximum Gasteiger partial charge on any atom is 0.148 e. The van der Waals surface area contributed by atoms with Crippen molar-refractivity contribution in [2.75, 3.05) is 13.7 Å². The summed E-state index contributed by atoms with van der Waals surface area (Å²) in [6.45, 7) is 0.821. The molecule has 1 aliphatic heterocycles. The predicted molar refractivity (Wildman–Crippen MR) is 39.4 cm³/mol. The second-order valence-electron chi connectivity index (χ2n) is 1.94. The Kier molecular flexibility index (Phi) is 4.12. The molecule has 0 N–H and O–H groups in total. The van der Waals surface area contributed by atoms with E-state index >= 15 is 0 Å². The molecule has 4 heteroatoms. The van der Waals surface area contributed by atoms with E-state index in [4.69, 9.17) is 4.84 Å². The fourth-order valence-corrected chi connectivity index (χ4v) is 0.953. The van der Waals surface area contributed by atoms with Gasteiger partial charge in [-0.15, -0.1) is 12.4 Å². The number of allylic oxidation sites excluding steroid dienone is 1. The lowest BCUT2D eigenvalue weighted by Gasteiger charge is -2.11. The molecule has 0 aliphatic carbocycles. The summed E-state index contributed by atoms with van der Waals surface area (Å²) in [5, 5.41) is 1.58. The lowest BCUT2D eigenvalue weighted by atomic mass is 10.3. The molecule has 0 amide bonds. The van der Waals surface area contributed by atoms with E-state index in [0.717, 1.165) is 19.4 Å². The number of rotatable bonds is 1. The van der Waals surface area contributed by atoms with Crippen LogP contribution in [-0.2, 0) is 9.63 Å². The van der Waals surface area contributed by atoms with Gasteiger partial charge in [0.2, 0.25) is 0 Å². The molecule has 10 heavy (non-hydrogen) atoms. The van der Waals surface area contributed by atoms with Crippen molar-refractivity contribution in [3.63, 3.8) is 0 Å². The zero-order valence-corrected chi connectivity index (χ0v) is 6.61. The minimum Gasteiger partial charge on any atom is -0.276 e. The second-order valence-corrected chi connectivity index (χ2v) is 1.94. The Balaban J connectivity index is 0.000000810. The van der Waals surface area contributed by atoms with Crippen LogP contribution in [0.15, 0.2) is 5.70 Å². The van der Waals surface area contributed by atoms with Crippen molar-refractivity contribution in [3.05, 3.63) is 5.70 Å². The van der Waals surface area contributed by atoms with Gasteiger partial charge in [-0.1, -0.05) is 0 Å². The molecule has 0 aromatic heterocycles. The Morgan fingerprint density at radius 1 is 1.70 bits per heavy atom. The van der Waals surface area contributed by atoms with Crippen molar-refractivity contribution in [3.8, 4) is 0 Å². The van der Waals surface area contributed by atoms with Crippen LogP contribution in [0.25, 0.3) is 0 Å². The molecule has 1 fully saturated rings. The van der Waals surface area contributed by atoms with Crippen LogP contribution in [0.1, 0.15) is 12.8 Å². The van der Waals surface area contributed by atoms with Crippen molar-refractivity contribution in [1.29, 1.82) is 0 Å². The normalized spacial score (nSPS) is 16.5. The standard InChI is InChI=1S/C6H9NO2.ClH/c1-9-7-4-2-3-6(7)5-8;/h2-4H2,1H3;1H. The van der Waals surface area contributed by atoms with Crippen molar-refractivity contribution < 1.29 is 9.63 Å². The highest BCUT2D eigenvalue weighted by Gasteiger charge is 2.16. The molecule has 0 aromatic rings. The molecular formula is C6H10ClNO2. The average Bonchev–Trinajstić information content (AvgIpc) is 2.33. The van der Waals surface area contributed by atoms with E-state index in [9.17, 15) is 4.79 Å². The topological polar surface area (TPSA) is 29.5 Å². The number of hydroxylamine groups is 2. The van der Waals surface area contributed by atoms with Crippen LogP contribution in [0.4, 0.5) is 0 Å². The fourth-order valence-electron chi connectivity index (χ4n) is 0.953. The van der Waals surface area contributed by atoms with Gasteiger partial charge >= 0.3 is 0 Å². The van der Waals surface area contributed by atoms with Crippen LogP contribution < -0.4 is 0 Å².